The van der Waals surface area contributed by atoms with Gasteiger partial charge in [-0.2, -0.15) is 0 Å². The molecule has 0 spiro atoms. The molecule has 18 heavy (non-hydrogen) atoms. The van der Waals surface area contributed by atoms with Crippen molar-refractivity contribution in [3.63, 3.8) is 0 Å². The molecule has 6 nitrogen and oxygen atoms in total. The number of nitrogens with two attached hydrogens (primary N) is 1. The molecule has 1 aromatic rings. The smallest absolute Gasteiger partial charge is 0.340 e. The van der Waals surface area contributed by atoms with Crippen LogP contribution in [-0.4, -0.2) is 39.5 Å². The van der Waals surface area contributed by atoms with Crippen molar-refractivity contribution in [2.45, 2.75) is 0 Å². The number of hydrogen-bond acceptors (Lipinski definition) is 6. The second kappa shape index (κ2) is 5.59. The highest BCUT2D eigenvalue weighted by Gasteiger charge is 2.17. The van der Waals surface area contributed by atoms with E-state index in [1.54, 1.807) is 6.07 Å². The summed E-state index contributed by atoms with van der Waals surface area (Å²) in [5, 5.41) is 0. The summed E-state index contributed by atoms with van der Waals surface area (Å²) in [7, 11) is 1.30. The normalized spacial score (nSPS) is 15.2. The molecule has 1 aliphatic heterocycles. The summed E-state index contributed by atoms with van der Waals surface area (Å²) in [4.78, 5) is 11.5. The van der Waals surface area contributed by atoms with Crippen molar-refractivity contribution in [1.29, 1.82) is 0 Å². The molecule has 1 aliphatic rings. The van der Waals surface area contributed by atoms with Gasteiger partial charge in [0, 0.05) is 12.1 Å². The molecule has 0 aliphatic carbocycles. The van der Waals surface area contributed by atoms with Crippen LogP contribution in [0.25, 0.3) is 0 Å². The number of hydrogen-bond donors (Lipinski definition) is 1. The zero-order chi connectivity index (χ0) is 13.0. The van der Waals surface area contributed by atoms with E-state index in [1.807, 2.05) is 0 Å². The summed E-state index contributed by atoms with van der Waals surface area (Å²) in [6.07, 6.45) is 0. The number of esters is 1. The van der Waals surface area contributed by atoms with Gasteiger partial charge in [0.15, 0.2) is 11.5 Å². The molecule has 98 valence electrons. The SMILES string of the molecule is COC(=O)c1cc2c(cc1N)OCCOCCO2. The van der Waals surface area contributed by atoms with E-state index in [-0.39, 0.29) is 5.56 Å². The molecule has 0 saturated carbocycles. The van der Waals surface area contributed by atoms with Crippen molar-refractivity contribution in [2.24, 2.45) is 0 Å². The van der Waals surface area contributed by atoms with Crippen molar-refractivity contribution in [3.8, 4) is 11.5 Å². The number of carbonyl (C=O) groups is 1. The van der Waals surface area contributed by atoms with Crippen molar-refractivity contribution in [1.82, 2.24) is 0 Å². The molecule has 0 unspecified atom stereocenters. The molecule has 1 aromatic carbocycles. The number of anilines is 1. The van der Waals surface area contributed by atoms with Crippen LogP contribution in [0.2, 0.25) is 0 Å². The van der Waals surface area contributed by atoms with Crippen LogP contribution in [0.15, 0.2) is 12.1 Å². The predicted molar refractivity (Wildman–Crippen MR) is 64.0 cm³/mol. The lowest BCUT2D eigenvalue weighted by Gasteiger charge is -2.13. The average Bonchev–Trinajstić information content (AvgIpc) is 2.48. The van der Waals surface area contributed by atoms with Gasteiger partial charge in [-0.1, -0.05) is 0 Å². The second-order valence-electron chi connectivity index (χ2n) is 3.69. The Morgan fingerprint density at radius 3 is 2.39 bits per heavy atom. The molecule has 0 saturated heterocycles. The van der Waals surface area contributed by atoms with Gasteiger partial charge in [0.2, 0.25) is 0 Å². The molecule has 0 aromatic heterocycles. The molecule has 0 radical (unpaired) electrons. The van der Waals surface area contributed by atoms with Crippen molar-refractivity contribution >= 4 is 11.7 Å². The predicted octanol–water partition coefficient (Wildman–Crippen LogP) is 0.843. The maximum atomic E-state index is 11.5. The summed E-state index contributed by atoms with van der Waals surface area (Å²) in [5.41, 5.74) is 6.34. The van der Waals surface area contributed by atoms with E-state index in [0.29, 0.717) is 43.6 Å². The summed E-state index contributed by atoms with van der Waals surface area (Å²) < 4.78 is 20.9. The highest BCUT2D eigenvalue weighted by atomic mass is 16.6. The van der Waals surface area contributed by atoms with E-state index < -0.39 is 5.97 Å². The maximum Gasteiger partial charge on any atom is 0.340 e. The summed E-state index contributed by atoms with van der Waals surface area (Å²) in [5.74, 6) is 0.468. The third kappa shape index (κ3) is 2.65. The van der Waals surface area contributed by atoms with E-state index >= 15 is 0 Å². The van der Waals surface area contributed by atoms with Crippen LogP contribution in [0, 0.1) is 0 Å². The largest absolute Gasteiger partial charge is 0.487 e. The van der Waals surface area contributed by atoms with Crippen LogP contribution in [0.4, 0.5) is 5.69 Å². The first-order chi connectivity index (χ1) is 8.72. The minimum absolute atomic E-state index is 0.264. The maximum absolute atomic E-state index is 11.5. The topological polar surface area (TPSA) is 80.0 Å². The third-order valence-electron chi connectivity index (χ3n) is 2.49. The Morgan fingerprint density at radius 2 is 1.78 bits per heavy atom. The van der Waals surface area contributed by atoms with E-state index in [4.69, 9.17) is 19.9 Å². The first-order valence-electron chi connectivity index (χ1n) is 5.57. The molecule has 6 heteroatoms. The fraction of sp³-hybridized carbons (Fsp3) is 0.417. The van der Waals surface area contributed by atoms with E-state index in [9.17, 15) is 4.79 Å². The Labute approximate surface area is 105 Å². The minimum Gasteiger partial charge on any atom is -0.487 e. The Bertz CT molecular complexity index is 446. The number of methoxy groups -OCH3 is 1. The lowest BCUT2D eigenvalue weighted by Crippen LogP contribution is -2.08. The van der Waals surface area contributed by atoms with E-state index in [0.717, 1.165) is 0 Å². The van der Waals surface area contributed by atoms with Gasteiger partial charge in [-0.15, -0.1) is 0 Å². The van der Waals surface area contributed by atoms with Crippen LogP contribution in [-0.2, 0) is 9.47 Å². The lowest BCUT2D eigenvalue weighted by molar-refractivity contribution is 0.0601. The number of ether oxygens (including phenoxy) is 4. The molecule has 2 rings (SSSR count). The first-order valence-corrected chi connectivity index (χ1v) is 5.57. The van der Waals surface area contributed by atoms with Gasteiger partial charge in [0.25, 0.3) is 0 Å². The summed E-state index contributed by atoms with van der Waals surface area (Å²) in [6.45, 7) is 1.76. The van der Waals surface area contributed by atoms with Crippen LogP contribution < -0.4 is 15.2 Å². The summed E-state index contributed by atoms with van der Waals surface area (Å²) in [6, 6.07) is 3.09. The monoisotopic (exact) mass is 253 g/mol. The Kier molecular flexibility index (Phi) is 3.88. The molecule has 2 N–H and O–H groups in total. The Morgan fingerprint density at radius 1 is 1.17 bits per heavy atom. The van der Waals surface area contributed by atoms with Crippen LogP contribution in [0.5, 0.6) is 11.5 Å². The number of fused-ring (bicyclic) bond motifs is 1. The fourth-order valence-electron chi connectivity index (χ4n) is 1.61. The summed E-state index contributed by atoms with van der Waals surface area (Å²) >= 11 is 0. The quantitative estimate of drug-likeness (QED) is 0.590. The van der Waals surface area contributed by atoms with Gasteiger partial charge in [0.05, 0.1) is 31.6 Å². The molecule has 0 amide bonds. The van der Waals surface area contributed by atoms with Crippen molar-refractivity contribution in [3.05, 3.63) is 17.7 Å². The van der Waals surface area contributed by atoms with Gasteiger partial charge >= 0.3 is 5.97 Å². The number of nitrogen functional groups attached to an aromatic ring is 1. The van der Waals surface area contributed by atoms with Crippen LogP contribution in [0.3, 0.4) is 0 Å². The molecule has 0 bridgehead atoms. The first kappa shape index (κ1) is 12.5. The van der Waals surface area contributed by atoms with E-state index in [1.165, 1.54) is 13.2 Å². The fourth-order valence-corrected chi connectivity index (χ4v) is 1.61. The van der Waals surface area contributed by atoms with Gasteiger partial charge in [0.1, 0.15) is 13.2 Å². The van der Waals surface area contributed by atoms with Gasteiger partial charge in [-0.05, 0) is 0 Å². The Balaban J connectivity index is 2.35. The van der Waals surface area contributed by atoms with Crippen molar-refractivity contribution < 1.29 is 23.7 Å². The molecule has 0 atom stereocenters. The van der Waals surface area contributed by atoms with Crippen LogP contribution in [0.1, 0.15) is 10.4 Å². The van der Waals surface area contributed by atoms with Crippen LogP contribution >= 0.6 is 0 Å². The zero-order valence-corrected chi connectivity index (χ0v) is 10.1. The molecule has 0 fully saturated rings. The minimum atomic E-state index is -0.505. The van der Waals surface area contributed by atoms with E-state index in [2.05, 4.69) is 4.74 Å². The Hall–Kier alpha value is -1.95. The number of benzene rings is 1. The molecular formula is C12H15NO5. The lowest BCUT2D eigenvalue weighted by atomic mass is 10.1. The molecule has 1 heterocycles. The zero-order valence-electron chi connectivity index (χ0n) is 10.1. The second-order valence-corrected chi connectivity index (χ2v) is 3.69. The van der Waals surface area contributed by atoms with Gasteiger partial charge in [-0.25, -0.2) is 4.79 Å². The molecular weight excluding hydrogens is 238 g/mol. The number of rotatable bonds is 1. The number of carbonyl (C=O) groups excluding carboxylic acids is 1. The highest BCUT2D eigenvalue weighted by Crippen LogP contribution is 2.33. The highest BCUT2D eigenvalue weighted by molar-refractivity contribution is 5.96. The standard InChI is InChI=1S/C12H15NO5/c1-15-12(14)8-6-10-11(7-9(8)13)18-5-3-16-2-4-17-10/h6-7H,2-5,13H2,1H3. The average molecular weight is 253 g/mol. The van der Waals surface area contributed by atoms with Gasteiger partial charge in [-0.3, -0.25) is 0 Å². The third-order valence-corrected chi connectivity index (χ3v) is 2.49. The van der Waals surface area contributed by atoms with Gasteiger partial charge < -0.3 is 24.7 Å². The van der Waals surface area contributed by atoms with Crippen molar-refractivity contribution in [2.75, 3.05) is 39.3 Å².